The maximum atomic E-state index is 5.03. The van der Waals surface area contributed by atoms with Crippen molar-refractivity contribution < 1.29 is 4.74 Å². The van der Waals surface area contributed by atoms with Crippen LogP contribution in [-0.2, 0) is 6.42 Å². The summed E-state index contributed by atoms with van der Waals surface area (Å²) in [7, 11) is 3.59. The lowest BCUT2D eigenvalue weighted by atomic mass is 10.3. The van der Waals surface area contributed by atoms with E-state index >= 15 is 0 Å². The van der Waals surface area contributed by atoms with Crippen LogP contribution in [0, 0.1) is 6.92 Å². The standard InChI is InChI=1S/C12H16N4OS/c1-9-11(18-8-15-9)4-5-16(2)12-13-6-10(17-3)7-14-12/h6-8H,4-5H2,1-3H3. The third-order valence-corrected chi connectivity index (χ3v) is 3.71. The molecule has 2 aromatic rings. The molecule has 0 aliphatic heterocycles. The zero-order chi connectivity index (χ0) is 13.0. The van der Waals surface area contributed by atoms with Crippen LogP contribution in [0.4, 0.5) is 5.95 Å². The molecule has 5 nitrogen and oxygen atoms in total. The Bertz CT molecular complexity index is 497. The average molecular weight is 264 g/mol. The zero-order valence-electron chi connectivity index (χ0n) is 10.8. The number of hydrogen-bond donors (Lipinski definition) is 0. The highest BCUT2D eigenvalue weighted by Crippen LogP contribution is 2.15. The van der Waals surface area contributed by atoms with Gasteiger partial charge in [-0.3, -0.25) is 0 Å². The topological polar surface area (TPSA) is 51.1 Å². The minimum Gasteiger partial charge on any atom is -0.494 e. The molecule has 0 atom stereocenters. The first-order valence-electron chi connectivity index (χ1n) is 5.67. The molecule has 0 aromatic carbocycles. The average Bonchev–Trinajstić information content (AvgIpc) is 2.81. The third-order valence-electron chi connectivity index (χ3n) is 2.71. The predicted octanol–water partition coefficient (Wildman–Crippen LogP) is 1.93. The highest BCUT2D eigenvalue weighted by atomic mass is 32.1. The summed E-state index contributed by atoms with van der Waals surface area (Å²) in [5.41, 5.74) is 3.00. The number of anilines is 1. The Kier molecular flexibility index (Phi) is 4.09. The van der Waals surface area contributed by atoms with Gasteiger partial charge < -0.3 is 9.64 Å². The molecule has 0 amide bonds. The lowest BCUT2D eigenvalue weighted by Gasteiger charge is -2.16. The number of aromatic nitrogens is 3. The summed E-state index contributed by atoms with van der Waals surface area (Å²) < 4.78 is 5.03. The molecule has 0 unspecified atom stereocenters. The monoisotopic (exact) mass is 264 g/mol. The van der Waals surface area contributed by atoms with Gasteiger partial charge in [0.1, 0.15) is 0 Å². The van der Waals surface area contributed by atoms with Crippen molar-refractivity contribution in [2.24, 2.45) is 0 Å². The third kappa shape index (κ3) is 2.95. The minimum atomic E-state index is 0.672. The summed E-state index contributed by atoms with van der Waals surface area (Å²) in [5.74, 6) is 1.38. The molecule has 0 spiro atoms. The summed E-state index contributed by atoms with van der Waals surface area (Å²) in [6.07, 6.45) is 4.32. The maximum absolute atomic E-state index is 5.03. The first-order chi connectivity index (χ1) is 8.70. The van der Waals surface area contributed by atoms with Crippen molar-refractivity contribution in [3.8, 4) is 5.75 Å². The molecule has 18 heavy (non-hydrogen) atoms. The molecule has 2 rings (SSSR count). The van der Waals surface area contributed by atoms with Crippen molar-refractivity contribution in [3.63, 3.8) is 0 Å². The van der Waals surface area contributed by atoms with Crippen LogP contribution < -0.4 is 9.64 Å². The Morgan fingerprint density at radius 2 is 2.00 bits per heavy atom. The predicted molar refractivity (Wildman–Crippen MR) is 72.4 cm³/mol. The SMILES string of the molecule is COc1cnc(N(C)CCc2scnc2C)nc1. The van der Waals surface area contributed by atoms with E-state index in [1.165, 1.54) is 4.88 Å². The van der Waals surface area contributed by atoms with E-state index in [1.54, 1.807) is 30.8 Å². The van der Waals surface area contributed by atoms with Gasteiger partial charge in [-0.15, -0.1) is 11.3 Å². The molecule has 0 aliphatic rings. The van der Waals surface area contributed by atoms with Crippen molar-refractivity contribution in [2.75, 3.05) is 25.6 Å². The van der Waals surface area contributed by atoms with Crippen LogP contribution in [0.3, 0.4) is 0 Å². The number of rotatable bonds is 5. The Labute approximate surface area is 110 Å². The molecule has 0 bridgehead atoms. The van der Waals surface area contributed by atoms with Gasteiger partial charge in [0, 0.05) is 24.9 Å². The fourth-order valence-corrected chi connectivity index (χ4v) is 2.32. The van der Waals surface area contributed by atoms with Gasteiger partial charge in [-0.05, 0) is 6.92 Å². The van der Waals surface area contributed by atoms with E-state index in [4.69, 9.17) is 4.74 Å². The van der Waals surface area contributed by atoms with Crippen LogP contribution in [0.2, 0.25) is 0 Å². The second-order valence-electron chi connectivity index (χ2n) is 3.96. The molecular formula is C12H16N4OS. The summed E-state index contributed by atoms with van der Waals surface area (Å²) in [6, 6.07) is 0. The maximum Gasteiger partial charge on any atom is 0.225 e. The Balaban J connectivity index is 1.94. The molecular weight excluding hydrogens is 248 g/mol. The first-order valence-corrected chi connectivity index (χ1v) is 6.55. The molecule has 0 N–H and O–H groups in total. The zero-order valence-corrected chi connectivity index (χ0v) is 11.6. The Hall–Kier alpha value is -1.69. The molecule has 2 heterocycles. The largest absolute Gasteiger partial charge is 0.494 e. The number of aryl methyl sites for hydroxylation is 1. The quantitative estimate of drug-likeness (QED) is 0.826. The second-order valence-corrected chi connectivity index (χ2v) is 4.89. The van der Waals surface area contributed by atoms with E-state index in [0.29, 0.717) is 11.7 Å². The van der Waals surface area contributed by atoms with Gasteiger partial charge in [-0.25, -0.2) is 15.0 Å². The van der Waals surface area contributed by atoms with Gasteiger partial charge >= 0.3 is 0 Å². The van der Waals surface area contributed by atoms with Gasteiger partial charge in [-0.2, -0.15) is 0 Å². The normalized spacial score (nSPS) is 10.4. The van der Waals surface area contributed by atoms with Crippen molar-refractivity contribution >= 4 is 17.3 Å². The molecule has 6 heteroatoms. The van der Waals surface area contributed by atoms with Crippen LogP contribution in [0.5, 0.6) is 5.75 Å². The lowest BCUT2D eigenvalue weighted by Crippen LogP contribution is -2.22. The van der Waals surface area contributed by atoms with Crippen LogP contribution >= 0.6 is 11.3 Å². The van der Waals surface area contributed by atoms with Crippen molar-refractivity contribution in [1.29, 1.82) is 0 Å². The molecule has 0 fully saturated rings. The van der Waals surface area contributed by atoms with Gasteiger partial charge in [0.2, 0.25) is 5.95 Å². The summed E-state index contributed by atoms with van der Waals surface area (Å²) in [5, 5.41) is 0. The lowest BCUT2D eigenvalue weighted by molar-refractivity contribution is 0.410. The van der Waals surface area contributed by atoms with Crippen LogP contribution in [0.15, 0.2) is 17.9 Å². The fourth-order valence-electron chi connectivity index (χ4n) is 1.55. The van der Waals surface area contributed by atoms with Crippen molar-refractivity contribution in [1.82, 2.24) is 15.0 Å². The van der Waals surface area contributed by atoms with Crippen LogP contribution in [0.25, 0.3) is 0 Å². The number of ether oxygens (including phenoxy) is 1. The molecule has 0 aliphatic carbocycles. The number of likely N-dealkylation sites (N-methyl/N-ethyl adjacent to an activating group) is 1. The molecule has 2 aromatic heterocycles. The van der Waals surface area contributed by atoms with Gasteiger partial charge in [0.05, 0.1) is 30.7 Å². The van der Waals surface area contributed by atoms with E-state index in [0.717, 1.165) is 18.7 Å². The summed E-state index contributed by atoms with van der Waals surface area (Å²) >= 11 is 1.69. The van der Waals surface area contributed by atoms with Gasteiger partial charge in [-0.1, -0.05) is 0 Å². The van der Waals surface area contributed by atoms with E-state index in [9.17, 15) is 0 Å². The summed E-state index contributed by atoms with van der Waals surface area (Å²) in [4.78, 5) is 16.1. The molecule has 96 valence electrons. The first kappa shape index (κ1) is 12.8. The molecule has 0 radical (unpaired) electrons. The highest BCUT2D eigenvalue weighted by Gasteiger charge is 2.07. The van der Waals surface area contributed by atoms with Gasteiger partial charge in [0.25, 0.3) is 0 Å². The Morgan fingerprint density at radius 1 is 1.28 bits per heavy atom. The van der Waals surface area contributed by atoms with Crippen LogP contribution in [0.1, 0.15) is 10.6 Å². The van der Waals surface area contributed by atoms with E-state index in [2.05, 4.69) is 15.0 Å². The smallest absolute Gasteiger partial charge is 0.225 e. The Morgan fingerprint density at radius 3 is 2.56 bits per heavy atom. The van der Waals surface area contributed by atoms with E-state index in [-0.39, 0.29) is 0 Å². The summed E-state index contributed by atoms with van der Waals surface area (Å²) in [6.45, 7) is 2.91. The number of hydrogen-bond acceptors (Lipinski definition) is 6. The molecule has 0 saturated carbocycles. The molecule has 0 saturated heterocycles. The highest BCUT2D eigenvalue weighted by molar-refractivity contribution is 7.09. The van der Waals surface area contributed by atoms with Crippen molar-refractivity contribution in [3.05, 3.63) is 28.5 Å². The number of thiazole rings is 1. The number of methoxy groups -OCH3 is 1. The van der Waals surface area contributed by atoms with E-state index in [1.807, 2.05) is 24.4 Å². The fraction of sp³-hybridized carbons (Fsp3) is 0.417. The van der Waals surface area contributed by atoms with Gasteiger partial charge in [0.15, 0.2) is 5.75 Å². The van der Waals surface area contributed by atoms with Crippen LogP contribution in [-0.4, -0.2) is 35.7 Å². The van der Waals surface area contributed by atoms with Crippen molar-refractivity contribution in [2.45, 2.75) is 13.3 Å². The number of nitrogens with zero attached hydrogens (tertiary/aromatic N) is 4. The minimum absolute atomic E-state index is 0.672. The van der Waals surface area contributed by atoms with E-state index < -0.39 is 0 Å². The second kappa shape index (κ2) is 5.77.